The van der Waals surface area contributed by atoms with Crippen molar-refractivity contribution in [3.8, 4) is 11.5 Å². The van der Waals surface area contributed by atoms with Crippen LogP contribution in [0.25, 0.3) is 10.1 Å². The molecular formula is C23H19ClN2O4S2. The minimum atomic E-state index is -3.38. The van der Waals surface area contributed by atoms with Crippen LogP contribution >= 0.6 is 22.9 Å². The number of para-hydroxylation sites is 1. The highest BCUT2D eigenvalue weighted by Gasteiger charge is 2.17. The second-order valence-electron chi connectivity index (χ2n) is 7.07. The summed E-state index contributed by atoms with van der Waals surface area (Å²) in [5.74, 6) is 0.784. The van der Waals surface area contributed by atoms with Crippen LogP contribution in [-0.4, -0.2) is 27.6 Å². The van der Waals surface area contributed by atoms with Crippen LogP contribution in [0.5, 0.6) is 11.5 Å². The maximum absolute atomic E-state index is 13.0. The number of ether oxygens (including phenoxy) is 1. The van der Waals surface area contributed by atoms with Crippen LogP contribution in [0.1, 0.15) is 9.67 Å². The number of sulfonamides is 1. The molecule has 0 radical (unpaired) electrons. The van der Waals surface area contributed by atoms with Gasteiger partial charge in [-0.2, -0.15) is 0 Å². The van der Waals surface area contributed by atoms with Crippen molar-refractivity contribution in [3.63, 3.8) is 0 Å². The lowest BCUT2D eigenvalue weighted by molar-refractivity contribution is 0.103. The zero-order valence-corrected chi connectivity index (χ0v) is 19.6. The molecule has 32 heavy (non-hydrogen) atoms. The molecule has 0 bridgehead atoms. The molecule has 1 heterocycles. The normalized spacial score (nSPS) is 11.3. The summed E-state index contributed by atoms with van der Waals surface area (Å²) < 4.78 is 31.6. The number of halogens is 1. The SMILES string of the molecule is CN(c1ccc2sc(C(=O)Nc3cc(Cl)ccc3Oc3ccccc3)cc2c1)S(C)(=O)=O. The highest BCUT2D eigenvalue weighted by Crippen LogP contribution is 2.34. The topological polar surface area (TPSA) is 75.7 Å². The minimum Gasteiger partial charge on any atom is -0.455 e. The second-order valence-corrected chi connectivity index (χ2v) is 10.6. The molecule has 0 saturated carbocycles. The van der Waals surface area contributed by atoms with E-state index >= 15 is 0 Å². The lowest BCUT2D eigenvalue weighted by atomic mass is 10.2. The molecule has 0 fully saturated rings. The van der Waals surface area contributed by atoms with E-state index in [1.54, 1.807) is 42.5 Å². The molecule has 0 aliphatic carbocycles. The van der Waals surface area contributed by atoms with E-state index in [2.05, 4.69) is 5.32 Å². The summed E-state index contributed by atoms with van der Waals surface area (Å²) in [5.41, 5.74) is 0.972. The average molecular weight is 487 g/mol. The van der Waals surface area contributed by atoms with Crippen LogP contribution in [0, 0.1) is 0 Å². The Morgan fingerprint density at radius 2 is 1.78 bits per heavy atom. The monoisotopic (exact) mass is 486 g/mol. The number of nitrogens with one attached hydrogen (secondary N) is 1. The summed E-state index contributed by atoms with van der Waals surface area (Å²) in [7, 11) is -1.89. The van der Waals surface area contributed by atoms with E-state index in [0.29, 0.717) is 32.8 Å². The lowest BCUT2D eigenvalue weighted by Gasteiger charge is -2.16. The standard InChI is InChI=1S/C23H19ClN2O4S2/c1-26(32(2,28)29)17-9-11-21-15(12-17)13-22(31-21)23(27)25-19-14-16(24)8-10-20(19)30-18-6-4-3-5-7-18/h3-14H,1-2H3,(H,25,27). The summed E-state index contributed by atoms with van der Waals surface area (Å²) in [5, 5.41) is 4.11. The van der Waals surface area contributed by atoms with Gasteiger partial charge in [0.25, 0.3) is 5.91 Å². The molecule has 0 atom stereocenters. The summed E-state index contributed by atoms with van der Waals surface area (Å²) >= 11 is 7.45. The fraction of sp³-hybridized carbons (Fsp3) is 0.0870. The minimum absolute atomic E-state index is 0.315. The van der Waals surface area contributed by atoms with Crippen molar-refractivity contribution in [1.29, 1.82) is 0 Å². The Bertz CT molecular complexity index is 1400. The third-order valence-corrected chi connectivity index (χ3v) is 7.30. The van der Waals surface area contributed by atoms with E-state index in [-0.39, 0.29) is 5.91 Å². The van der Waals surface area contributed by atoms with Crippen molar-refractivity contribution in [2.75, 3.05) is 22.9 Å². The summed E-state index contributed by atoms with van der Waals surface area (Å²) in [4.78, 5) is 13.4. The van der Waals surface area contributed by atoms with Crippen molar-refractivity contribution in [2.24, 2.45) is 0 Å². The van der Waals surface area contributed by atoms with Gasteiger partial charge in [0, 0.05) is 16.8 Å². The second kappa shape index (κ2) is 8.82. The van der Waals surface area contributed by atoms with Gasteiger partial charge in [-0.25, -0.2) is 8.42 Å². The van der Waals surface area contributed by atoms with Crippen molar-refractivity contribution >= 4 is 60.3 Å². The van der Waals surface area contributed by atoms with E-state index in [0.717, 1.165) is 16.3 Å². The van der Waals surface area contributed by atoms with Crippen LogP contribution in [0.2, 0.25) is 5.02 Å². The third-order valence-electron chi connectivity index (χ3n) is 4.75. The van der Waals surface area contributed by atoms with Crippen molar-refractivity contribution in [1.82, 2.24) is 0 Å². The Kier molecular flexibility index (Phi) is 6.10. The van der Waals surface area contributed by atoms with Crippen LogP contribution in [0.15, 0.2) is 72.8 Å². The molecule has 0 aliphatic heterocycles. The Labute approximate surface area is 195 Å². The van der Waals surface area contributed by atoms with Gasteiger partial charge >= 0.3 is 0 Å². The Balaban J connectivity index is 1.61. The van der Waals surface area contributed by atoms with Gasteiger partial charge in [0.05, 0.1) is 22.5 Å². The number of carbonyl (C=O) groups excluding carboxylic acids is 1. The molecule has 3 aromatic carbocycles. The molecule has 1 amide bonds. The molecule has 0 aliphatic rings. The highest BCUT2D eigenvalue weighted by molar-refractivity contribution is 7.92. The lowest BCUT2D eigenvalue weighted by Crippen LogP contribution is -2.24. The first-order valence-electron chi connectivity index (χ1n) is 9.52. The molecular weight excluding hydrogens is 468 g/mol. The van der Waals surface area contributed by atoms with Crippen molar-refractivity contribution in [3.05, 3.63) is 82.7 Å². The van der Waals surface area contributed by atoms with Gasteiger partial charge in [-0.05, 0) is 60.0 Å². The van der Waals surface area contributed by atoms with Gasteiger partial charge in [0.15, 0.2) is 5.75 Å². The molecule has 4 aromatic rings. The van der Waals surface area contributed by atoms with Crippen LogP contribution in [-0.2, 0) is 10.0 Å². The number of rotatable bonds is 6. The van der Waals surface area contributed by atoms with Gasteiger partial charge in [0.2, 0.25) is 10.0 Å². The van der Waals surface area contributed by atoms with E-state index in [1.165, 1.54) is 22.7 Å². The number of nitrogens with zero attached hydrogens (tertiary/aromatic N) is 1. The zero-order chi connectivity index (χ0) is 22.9. The first-order chi connectivity index (χ1) is 15.2. The molecule has 9 heteroatoms. The third kappa shape index (κ3) is 4.88. The molecule has 1 aromatic heterocycles. The van der Waals surface area contributed by atoms with Crippen LogP contribution in [0.4, 0.5) is 11.4 Å². The number of carbonyl (C=O) groups is 1. The smallest absolute Gasteiger partial charge is 0.265 e. The summed E-state index contributed by atoms with van der Waals surface area (Å²) in [6.45, 7) is 0. The number of hydrogen-bond donors (Lipinski definition) is 1. The van der Waals surface area contributed by atoms with Crippen LogP contribution in [0.3, 0.4) is 0 Å². The Hall–Kier alpha value is -3.07. The maximum atomic E-state index is 13.0. The fourth-order valence-electron chi connectivity index (χ4n) is 3.02. The molecule has 0 spiro atoms. The Morgan fingerprint density at radius 3 is 2.50 bits per heavy atom. The molecule has 1 N–H and O–H groups in total. The predicted octanol–water partition coefficient (Wildman–Crippen LogP) is 6.00. The van der Waals surface area contributed by atoms with Gasteiger partial charge in [-0.3, -0.25) is 9.10 Å². The largest absolute Gasteiger partial charge is 0.455 e. The van der Waals surface area contributed by atoms with Gasteiger partial charge in [-0.1, -0.05) is 29.8 Å². The summed E-state index contributed by atoms with van der Waals surface area (Å²) in [6.07, 6.45) is 1.14. The molecule has 164 valence electrons. The van der Waals surface area contributed by atoms with Gasteiger partial charge in [0.1, 0.15) is 5.75 Å². The number of fused-ring (bicyclic) bond motifs is 1. The number of hydrogen-bond acceptors (Lipinski definition) is 5. The molecule has 6 nitrogen and oxygen atoms in total. The van der Waals surface area contributed by atoms with Crippen molar-refractivity contribution in [2.45, 2.75) is 0 Å². The number of benzene rings is 3. The number of thiophene rings is 1. The first-order valence-corrected chi connectivity index (χ1v) is 12.6. The first kappa shape index (κ1) is 22.1. The van der Waals surface area contributed by atoms with E-state index in [1.807, 2.05) is 30.3 Å². The zero-order valence-electron chi connectivity index (χ0n) is 17.2. The van der Waals surface area contributed by atoms with Gasteiger partial charge < -0.3 is 10.1 Å². The quantitative estimate of drug-likeness (QED) is 0.363. The molecule has 4 rings (SSSR count). The molecule has 0 saturated heterocycles. The van der Waals surface area contributed by atoms with Gasteiger partial charge in [-0.15, -0.1) is 11.3 Å². The van der Waals surface area contributed by atoms with Crippen molar-refractivity contribution < 1.29 is 17.9 Å². The number of amides is 1. The predicted molar refractivity (Wildman–Crippen MR) is 131 cm³/mol. The highest BCUT2D eigenvalue weighted by atomic mass is 35.5. The van der Waals surface area contributed by atoms with E-state index < -0.39 is 10.0 Å². The maximum Gasteiger partial charge on any atom is 0.265 e. The van der Waals surface area contributed by atoms with E-state index in [4.69, 9.17) is 16.3 Å². The van der Waals surface area contributed by atoms with E-state index in [9.17, 15) is 13.2 Å². The summed E-state index contributed by atoms with van der Waals surface area (Å²) in [6, 6.07) is 21.2. The number of anilines is 2. The molecule has 0 unspecified atom stereocenters. The Morgan fingerprint density at radius 1 is 1.03 bits per heavy atom. The van der Waals surface area contributed by atoms with Crippen LogP contribution < -0.4 is 14.4 Å². The average Bonchev–Trinajstić information content (AvgIpc) is 3.19. The fourth-order valence-corrected chi connectivity index (χ4v) is 4.63.